The minimum atomic E-state index is -3.14. The Bertz CT molecular complexity index is 1270. The highest BCUT2D eigenvalue weighted by Crippen LogP contribution is 2.38. The normalized spacial score (nSPS) is 21.1. The molecule has 11 nitrogen and oxygen atoms in total. The molecule has 2 aromatic rings. The topological polar surface area (TPSA) is 122 Å². The lowest BCUT2D eigenvalue weighted by atomic mass is 10.1. The molecule has 2 aliphatic heterocycles. The minimum Gasteiger partial charge on any atom is -0.474 e. The van der Waals surface area contributed by atoms with Crippen molar-refractivity contribution in [2.75, 3.05) is 31.4 Å². The molecule has 0 bridgehead atoms. The summed E-state index contributed by atoms with van der Waals surface area (Å²) in [7, 11) is -1.19. The van der Waals surface area contributed by atoms with Gasteiger partial charge >= 0.3 is 0 Å². The Morgan fingerprint density at radius 1 is 1.11 bits per heavy atom. The van der Waals surface area contributed by atoms with Gasteiger partial charge in [0.25, 0.3) is 5.91 Å². The number of fused-ring (bicyclic) bond motifs is 1. The van der Waals surface area contributed by atoms with E-state index in [-0.39, 0.29) is 12.0 Å². The van der Waals surface area contributed by atoms with Gasteiger partial charge in [0.2, 0.25) is 5.88 Å². The van der Waals surface area contributed by atoms with Crippen molar-refractivity contribution in [3.05, 3.63) is 60.1 Å². The summed E-state index contributed by atoms with van der Waals surface area (Å²) >= 11 is 0. The molecule has 3 aliphatic rings. The number of hydrazine groups is 1. The number of nitrogens with zero attached hydrogens (tertiary/aromatic N) is 7. The second kappa shape index (κ2) is 9.34. The Labute approximate surface area is 204 Å². The Kier molecular flexibility index (Phi) is 6.24. The molecule has 0 radical (unpaired) electrons. The summed E-state index contributed by atoms with van der Waals surface area (Å²) in [5.41, 5.74) is 2.24. The van der Waals surface area contributed by atoms with Gasteiger partial charge in [0.05, 0.1) is 28.6 Å². The maximum absolute atomic E-state index is 12.6. The highest BCUT2D eigenvalue weighted by Gasteiger charge is 2.34. The van der Waals surface area contributed by atoms with E-state index >= 15 is 0 Å². The van der Waals surface area contributed by atoms with Gasteiger partial charge in [-0.1, -0.05) is 12.2 Å². The summed E-state index contributed by atoms with van der Waals surface area (Å²) in [6.07, 6.45) is 14.4. The molecule has 1 saturated heterocycles. The SMILES string of the molecule is CN1Cc2c(OC3CCN(C(=O)c4cncnc4)CC3)ncnc2N1C1=CCC(S(C)(=O)=O)C=C1. The van der Waals surface area contributed by atoms with Crippen molar-refractivity contribution in [2.24, 2.45) is 0 Å². The van der Waals surface area contributed by atoms with Crippen LogP contribution in [0.3, 0.4) is 0 Å². The highest BCUT2D eigenvalue weighted by atomic mass is 32.2. The molecule has 5 rings (SSSR count). The van der Waals surface area contributed by atoms with Crippen LogP contribution in [0, 0.1) is 0 Å². The number of likely N-dealkylation sites (tertiary alicyclic amines) is 1. The molecular weight excluding hydrogens is 470 g/mol. The number of carbonyl (C=O) groups excluding carboxylic acids is 1. The number of sulfone groups is 1. The Hall–Kier alpha value is -3.38. The van der Waals surface area contributed by atoms with Crippen molar-refractivity contribution in [3.8, 4) is 5.88 Å². The zero-order valence-electron chi connectivity index (χ0n) is 19.6. The molecule has 2 aromatic heterocycles. The fraction of sp³-hybridized carbons (Fsp3) is 0.435. The third-order valence-electron chi connectivity index (χ3n) is 6.46. The molecule has 0 saturated carbocycles. The fourth-order valence-electron chi connectivity index (χ4n) is 4.58. The number of rotatable bonds is 5. The molecule has 35 heavy (non-hydrogen) atoms. The van der Waals surface area contributed by atoms with Crippen LogP contribution in [0.5, 0.6) is 5.88 Å². The molecule has 1 amide bonds. The van der Waals surface area contributed by atoms with Crippen LogP contribution in [0.4, 0.5) is 5.82 Å². The number of ether oxygens (including phenoxy) is 1. The summed E-state index contributed by atoms with van der Waals surface area (Å²) < 4.78 is 30.0. The van der Waals surface area contributed by atoms with Gasteiger partial charge in [0.1, 0.15) is 18.8 Å². The number of amides is 1. The second-order valence-corrected chi connectivity index (χ2v) is 11.2. The number of allylic oxidation sites excluding steroid dienone is 2. The molecule has 1 unspecified atom stereocenters. The van der Waals surface area contributed by atoms with Crippen LogP contribution in [0.25, 0.3) is 0 Å². The predicted molar refractivity (Wildman–Crippen MR) is 128 cm³/mol. The first kappa shape index (κ1) is 23.4. The predicted octanol–water partition coefficient (Wildman–Crippen LogP) is 1.37. The molecule has 12 heteroatoms. The number of aromatic nitrogens is 4. The molecular formula is C23H27N7O4S. The molecule has 4 heterocycles. The highest BCUT2D eigenvalue weighted by molar-refractivity contribution is 7.91. The van der Waals surface area contributed by atoms with E-state index in [4.69, 9.17) is 4.74 Å². The summed E-state index contributed by atoms with van der Waals surface area (Å²) in [5.74, 6) is 1.19. The minimum absolute atomic E-state index is 0.0614. The van der Waals surface area contributed by atoms with E-state index in [1.54, 1.807) is 11.0 Å². The molecule has 1 aliphatic carbocycles. The van der Waals surface area contributed by atoms with Crippen molar-refractivity contribution in [1.82, 2.24) is 29.8 Å². The summed E-state index contributed by atoms with van der Waals surface area (Å²) in [5, 5.41) is 3.46. The maximum Gasteiger partial charge on any atom is 0.256 e. The maximum atomic E-state index is 12.6. The van der Waals surface area contributed by atoms with Crippen LogP contribution >= 0.6 is 0 Å². The molecule has 1 atom stereocenters. The van der Waals surface area contributed by atoms with Crippen LogP contribution in [0.15, 0.2) is 49.0 Å². The van der Waals surface area contributed by atoms with Gasteiger partial charge in [-0.25, -0.2) is 33.4 Å². The van der Waals surface area contributed by atoms with E-state index in [1.807, 2.05) is 29.2 Å². The molecule has 0 spiro atoms. The van der Waals surface area contributed by atoms with Crippen molar-refractivity contribution in [3.63, 3.8) is 0 Å². The van der Waals surface area contributed by atoms with Crippen LogP contribution in [-0.2, 0) is 16.4 Å². The average Bonchev–Trinajstić information content (AvgIpc) is 3.21. The van der Waals surface area contributed by atoms with E-state index in [2.05, 4.69) is 19.9 Å². The van der Waals surface area contributed by atoms with Gasteiger partial charge in [-0.2, -0.15) is 0 Å². The number of hydrogen-bond acceptors (Lipinski definition) is 10. The number of anilines is 1. The summed E-state index contributed by atoms with van der Waals surface area (Å²) in [4.78, 5) is 31.2. The van der Waals surface area contributed by atoms with Crippen LogP contribution < -0.4 is 9.75 Å². The quantitative estimate of drug-likeness (QED) is 0.599. The molecule has 184 valence electrons. The first-order valence-corrected chi connectivity index (χ1v) is 13.4. The van der Waals surface area contributed by atoms with E-state index < -0.39 is 15.1 Å². The Morgan fingerprint density at radius 3 is 2.51 bits per heavy atom. The van der Waals surface area contributed by atoms with E-state index in [0.29, 0.717) is 50.3 Å². The zero-order chi connectivity index (χ0) is 24.6. The van der Waals surface area contributed by atoms with Gasteiger partial charge in [-0.15, -0.1) is 0 Å². The summed E-state index contributed by atoms with van der Waals surface area (Å²) in [6.45, 7) is 1.73. The Morgan fingerprint density at radius 2 is 1.86 bits per heavy atom. The van der Waals surface area contributed by atoms with E-state index in [0.717, 1.165) is 17.1 Å². The smallest absolute Gasteiger partial charge is 0.256 e. The van der Waals surface area contributed by atoms with E-state index in [9.17, 15) is 13.2 Å². The first-order chi connectivity index (χ1) is 16.8. The van der Waals surface area contributed by atoms with Gasteiger partial charge in [-0.05, 0) is 12.5 Å². The van der Waals surface area contributed by atoms with Crippen LogP contribution in [0.1, 0.15) is 35.2 Å². The summed E-state index contributed by atoms with van der Waals surface area (Å²) in [6, 6.07) is 0. The first-order valence-electron chi connectivity index (χ1n) is 11.4. The lowest BCUT2D eigenvalue weighted by Crippen LogP contribution is -2.42. The fourth-order valence-corrected chi connectivity index (χ4v) is 5.39. The van der Waals surface area contributed by atoms with Gasteiger partial charge < -0.3 is 9.64 Å². The van der Waals surface area contributed by atoms with Crippen molar-refractivity contribution >= 4 is 21.6 Å². The monoisotopic (exact) mass is 497 g/mol. The second-order valence-electron chi connectivity index (χ2n) is 8.94. The van der Waals surface area contributed by atoms with Gasteiger partial charge in [0, 0.05) is 51.6 Å². The lowest BCUT2D eigenvalue weighted by Gasteiger charge is -2.32. The number of hydrogen-bond donors (Lipinski definition) is 0. The zero-order valence-corrected chi connectivity index (χ0v) is 20.4. The van der Waals surface area contributed by atoms with Crippen LogP contribution in [-0.4, -0.2) is 81.9 Å². The van der Waals surface area contributed by atoms with Crippen molar-refractivity contribution < 1.29 is 17.9 Å². The largest absolute Gasteiger partial charge is 0.474 e. The number of carbonyl (C=O) groups is 1. The molecule has 0 aromatic carbocycles. The standard InChI is InChI=1S/C23H27N7O4S/c1-28-13-20-21(30(28)17-3-5-19(6-4-17)35(2,32)33)26-15-27-22(20)34-18-7-9-29(10-8-18)23(31)16-11-24-14-25-12-16/h3-5,11-12,14-15,18-19H,6-10,13H2,1-2H3. The van der Waals surface area contributed by atoms with Crippen molar-refractivity contribution in [1.29, 1.82) is 0 Å². The Balaban J connectivity index is 1.26. The van der Waals surface area contributed by atoms with E-state index in [1.165, 1.54) is 31.3 Å². The molecule has 0 N–H and O–H groups in total. The van der Waals surface area contributed by atoms with Gasteiger partial charge in [-0.3, -0.25) is 9.80 Å². The average molecular weight is 498 g/mol. The number of piperidine rings is 1. The van der Waals surface area contributed by atoms with Crippen LogP contribution in [0.2, 0.25) is 0 Å². The van der Waals surface area contributed by atoms with Gasteiger partial charge in [0.15, 0.2) is 15.7 Å². The third kappa shape index (κ3) is 4.76. The van der Waals surface area contributed by atoms with Crippen molar-refractivity contribution in [2.45, 2.75) is 37.2 Å². The molecule has 1 fully saturated rings. The third-order valence-corrected chi connectivity index (χ3v) is 7.91. The lowest BCUT2D eigenvalue weighted by molar-refractivity contribution is 0.0584.